The zero-order chi connectivity index (χ0) is 32.8. The molecule has 3 nitrogen and oxygen atoms in total. The molecule has 8 aromatic carbocycles. The van der Waals surface area contributed by atoms with Crippen molar-refractivity contribution >= 4 is 103 Å². The maximum atomic E-state index is 6.50. The Kier molecular flexibility index (Phi) is 5.83. The van der Waals surface area contributed by atoms with E-state index in [1.54, 1.807) is 0 Å². The van der Waals surface area contributed by atoms with Crippen LogP contribution in [0.4, 0.5) is 17.1 Å². The molecule has 234 valence electrons. The number of para-hydroxylation sites is 4. The zero-order valence-corrected chi connectivity index (χ0v) is 27.7. The zero-order valence-electron chi connectivity index (χ0n) is 26.9. The standard InChI is InChI=1S/C46H28N2OS/c1-2-13-29(14-3-1)47-36-20-7-4-15-30(36)33-19-11-23-39(46(33)47)48(38-22-12-25-41-45(38)34-16-5-8-24-40(34)49-41)37-21-10-18-32-31(37)27-28-43-44(32)35-17-6-9-26-42(35)50-43/h1-28H. The minimum atomic E-state index is 0.871. The van der Waals surface area contributed by atoms with Gasteiger partial charge in [0.05, 0.1) is 33.5 Å². The average molecular weight is 657 g/mol. The lowest BCUT2D eigenvalue weighted by Gasteiger charge is -2.29. The molecule has 4 heteroatoms. The number of hydrogen-bond acceptors (Lipinski definition) is 3. The summed E-state index contributed by atoms with van der Waals surface area (Å²) in [7, 11) is 0. The van der Waals surface area contributed by atoms with E-state index in [1.165, 1.54) is 47.2 Å². The summed E-state index contributed by atoms with van der Waals surface area (Å²) in [5.74, 6) is 0. The first-order chi connectivity index (χ1) is 24.8. The molecule has 0 spiro atoms. The van der Waals surface area contributed by atoms with E-state index in [4.69, 9.17) is 4.42 Å². The second kappa shape index (κ2) is 10.6. The summed E-state index contributed by atoms with van der Waals surface area (Å²) in [6, 6.07) is 61.2. The van der Waals surface area contributed by atoms with Crippen LogP contribution in [-0.2, 0) is 0 Å². The van der Waals surface area contributed by atoms with Crippen LogP contribution >= 0.6 is 11.3 Å². The Morgan fingerprint density at radius 3 is 1.96 bits per heavy atom. The molecule has 0 atom stereocenters. The van der Waals surface area contributed by atoms with E-state index in [0.29, 0.717) is 0 Å². The Bertz CT molecular complexity index is 3110. The number of rotatable bonds is 4. The molecule has 11 aromatic rings. The second-order valence-corrected chi connectivity index (χ2v) is 13.9. The van der Waals surface area contributed by atoms with Gasteiger partial charge in [0.1, 0.15) is 11.2 Å². The molecule has 0 bridgehead atoms. The van der Waals surface area contributed by atoms with E-state index in [2.05, 4.69) is 173 Å². The Hall–Kier alpha value is -6.36. The topological polar surface area (TPSA) is 21.3 Å². The third-order valence-corrected chi connectivity index (χ3v) is 11.3. The number of aromatic nitrogens is 1. The number of fused-ring (bicyclic) bond motifs is 11. The summed E-state index contributed by atoms with van der Waals surface area (Å²) in [4.78, 5) is 2.48. The fourth-order valence-electron chi connectivity index (χ4n) is 8.12. The first-order valence-corrected chi connectivity index (χ1v) is 17.8. The van der Waals surface area contributed by atoms with Gasteiger partial charge < -0.3 is 13.9 Å². The van der Waals surface area contributed by atoms with Crippen LogP contribution in [0.15, 0.2) is 174 Å². The smallest absolute Gasteiger partial charge is 0.137 e. The van der Waals surface area contributed by atoms with Crippen LogP contribution in [-0.4, -0.2) is 4.57 Å². The molecule has 0 amide bonds. The van der Waals surface area contributed by atoms with Crippen molar-refractivity contribution in [3.63, 3.8) is 0 Å². The van der Waals surface area contributed by atoms with Gasteiger partial charge in [0.2, 0.25) is 0 Å². The van der Waals surface area contributed by atoms with Gasteiger partial charge in [-0.05, 0) is 66.0 Å². The van der Waals surface area contributed by atoms with Gasteiger partial charge in [-0.25, -0.2) is 0 Å². The number of thiophene rings is 1. The predicted molar refractivity (Wildman–Crippen MR) is 213 cm³/mol. The van der Waals surface area contributed by atoms with Crippen molar-refractivity contribution in [3.8, 4) is 5.69 Å². The maximum Gasteiger partial charge on any atom is 0.137 e. The molecular weight excluding hydrogens is 629 g/mol. The largest absolute Gasteiger partial charge is 0.456 e. The molecule has 0 fully saturated rings. The van der Waals surface area contributed by atoms with Gasteiger partial charge in [-0.1, -0.05) is 109 Å². The number of nitrogens with zero attached hydrogens (tertiary/aromatic N) is 2. The molecule has 0 N–H and O–H groups in total. The minimum Gasteiger partial charge on any atom is -0.456 e. The van der Waals surface area contributed by atoms with Gasteiger partial charge in [0, 0.05) is 47.4 Å². The lowest BCUT2D eigenvalue weighted by molar-refractivity contribution is 0.669. The third-order valence-electron chi connectivity index (χ3n) is 10.2. The van der Waals surface area contributed by atoms with Crippen molar-refractivity contribution in [2.75, 3.05) is 4.90 Å². The first-order valence-electron chi connectivity index (χ1n) is 16.9. The van der Waals surface area contributed by atoms with Crippen molar-refractivity contribution in [1.82, 2.24) is 4.57 Å². The predicted octanol–water partition coefficient (Wildman–Crippen LogP) is 13.7. The molecule has 0 radical (unpaired) electrons. The van der Waals surface area contributed by atoms with Gasteiger partial charge in [-0.3, -0.25) is 0 Å². The molecule has 0 saturated heterocycles. The van der Waals surface area contributed by atoms with E-state index >= 15 is 0 Å². The summed E-state index contributed by atoms with van der Waals surface area (Å²) in [6.07, 6.45) is 0. The Balaban J connectivity index is 1.32. The van der Waals surface area contributed by atoms with Crippen molar-refractivity contribution in [1.29, 1.82) is 0 Å². The van der Waals surface area contributed by atoms with Crippen molar-refractivity contribution < 1.29 is 4.42 Å². The fraction of sp³-hybridized carbons (Fsp3) is 0. The highest BCUT2D eigenvalue weighted by molar-refractivity contribution is 7.26. The Labute approximate surface area is 291 Å². The van der Waals surface area contributed by atoms with Crippen LogP contribution < -0.4 is 4.90 Å². The van der Waals surface area contributed by atoms with Gasteiger partial charge in [0.15, 0.2) is 0 Å². The highest BCUT2D eigenvalue weighted by atomic mass is 32.1. The lowest BCUT2D eigenvalue weighted by atomic mass is 10.0. The fourth-order valence-corrected chi connectivity index (χ4v) is 9.24. The quantitative estimate of drug-likeness (QED) is 0.188. The van der Waals surface area contributed by atoms with Gasteiger partial charge in [-0.15, -0.1) is 11.3 Å². The molecule has 0 aliphatic carbocycles. The van der Waals surface area contributed by atoms with Crippen LogP contribution in [0.1, 0.15) is 0 Å². The van der Waals surface area contributed by atoms with Gasteiger partial charge in [-0.2, -0.15) is 0 Å². The molecule has 0 aliphatic heterocycles. The first kappa shape index (κ1) is 27.6. The highest BCUT2D eigenvalue weighted by Gasteiger charge is 2.25. The summed E-state index contributed by atoms with van der Waals surface area (Å²) in [6.45, 7) is 0. The van der Waals surface area contributed by atoms with Crippen LogP contribution in [0.3, 0.4) is 0 Å². The molecule has 0 saturated carbocycles. The third kappa shape index (κ3) is 3.85. The molecule has 50 heavy (non-hydrogen) atoms. The van der Waals surface area contributed by atoms with Crippen LogP contribution in [0.5, 0.6) is 0 Å². The SMILES string of the molecule is c1ccc(-n2c3ccccc3c3cccc(N(c4cccc5c4ccc4sc6ccccc6c45)c4cccc5oc6ccccc6c45)c32)cc1. The summed E-state index contributed by atoms with van der Waals surface area (Å²) in [5, 5.41) is 9.71. The summed E-state index contributed by atoms with van der Waals surface area (Å²) < 4.78 is 11.5. The normalized spacial score (nSPS) is 12.0. The number of benzene rings is 8. The molecule has 3 heterocycles. The van der Waals surface area contributed by atoms with E-state index in [0.717, 1.165) is 50.2 Å². The molecule has 11 rings (SSSR count). The molecular formula is C46H28N2OS. The van der Waals surface area contributed by atoms with Crippen molar-refractivity contribution in [2.45, 2.75) is 0 Å². The second-order valence-electron chi connectivity index (χ2n) is 12.9. The van der Waals surface area contributed by atoms with Crippen molar-refractivity contribution in [2.24, 2.45) is 0 Å². The van der Waals surface area contributed by atoms with Gasteiger partial charge in [0.25, 0.3) is 0 Å². The Morgan fingerprint density at radius 2 is 1.06 bits per heavy atom. The molecule has 0 aliphatic rings. The number of hydrogen-bond donors (Lipinski definition) is 0. The number of anilines is 3. The van der Waals surface area contributed by atoms with E-state index in [-0.39, 0.29) is 0 Å². The maximum absolute atomic E-state index is 6.50. The highest BCUT2D eigenvalue weighted by Crippen LogP contribution is 2.49. The van der Waals surface area contributed by atoms with Crippen molar-refractivity contribution in [3.05, 3.63) is 170 Å². The van der Waals surface area contributed by atoms with E-state index in [1.807, 2.05) is 17.4 Å². The van der Waals surface area contributed by atoms with Crippen LogP contribution in [0.2, 0.25) is 0 Å². The van der Waals surface area contributed by atoms with Crippen LogP contribution in [0.25, 0.3) is 80.4 Å². The van der Waals surface area contributed by atoms with E-state index < -0.39 is 0 Å². The minimum absolute atomic E-state index is 0.871. The summed E-state index contributed by atoms with van der Waals surface area (Å²) in [5.41, 5.74) is 8.51. The molecule has 0 unspecified atom stereocenters. The van der Waals surface area contributed by atoms with Crippen LogP contribution in [0, 0.1) is 0 Å². The molecule has 3 aromatic heterocycles. The average Bonchev–Trinajstić information content (AvgIpc) is 3.86. The van der Waals surface area contributed by atoms with Gasteiger partial charge >= 0.3 is 0 Å². The summed E-state index contributed by atoms with van der Waals surface area (Å²) >= 11 is 1.86. The Morgan fingerprint density at radius 1 is 0.400 bits per heavy atom. The lowest BCUT2D eigenvalue weighted by Crippen LogP contribution is -2.12. The monoisotopic (exact) mass is 656 g/mol. The number of furan rings is 1. The van der Waals surface area contributed by atoms with E-state index in [9.17, 15) is 0 Å².